The number of anilines is 1. The van der Waals surface area contributed by atoms with Gasteiger partial charge in [0.1, 0.15) is 10.7 Å². The summed E-state index contributed by atoms with van der Waals surface area (Å²) in [5.41, 5.74) is 6.03. The van der Waals surface area contributed by atoms with Crippen LogP contribution in [0.2, 0.25) is 0 Å². The molecular weight excluding hydrogens is 266 g/mol. The normalized spacial score (nSPS) is 10.3. The Bertz CT molecular complexity index is 652. The van der Waals surface area contributed by atoms with Gasteiger partial charge >= 0.3 is 5.97 Å². The van der Waals surface area contributed by atoms with Gasteiger partial charge in [-0.15, -0.1) is 0 Å². The minimum absolute atomic E-state index is 0.0175. The smallest absolute Gasteiger partial charge is 0.307 e. The monoisotopic (exact) mass is 277 g/mol. The van der Waals surface area contributed by atoms with Crippen molar-refractivity contribution in [2.75, 3.05) is 5.73 Å². The number of nitrogens with two attached hydrogens (primary N) is 1. The molecule has 0 saturated carbocycles. The molecule has 0 saturated heterocycles. The highest BCUT2D eigenvalue weighted by Crippen LogP contribution is 2.28. The number of aromatic amines is 1. The molecule has 2 rings (SSSR count). The average Bonchev–Trinajstić information content (AvgIpc) is 2.37. The first kappa shape index (κ1) is 13.2. The molecule has 0 spiro atoms. The van der Waals surface area contributed by atoms with E-state index in [4.69, 9.17) is 10.8 Å². The predicted octanol–water partition coefficient (Wildman–Crippen LogP) is 1.13. The highest BCUT2D eigenvalue weighted by Gasteiger charge is 2.07. The van der Waals surface area contributed by atoms with Crippen molar-refractivity contribution in [3.63, 3.8) is 0 Å². The molecule has 0 unspecified atom stereocenters. The van der Waals surface area contributed by atoms with E-state index in [0.29, 0.717) is 10.6 Å². The van der Waals surface area contributed by atoms with Gasteiger partial charge in [-0.1, -0.05) is 23.9 Å². The van der Waals surface area contributed by atoms with Crippen LogP contribution in [0.25, 0.3) is 0 Å². The number of nitrogen functional groups attached to an aromatic ring is 1. The molecule has 1 aromatic carbocycles. The molecule has 0 aliphatic rings. The Morgan fingerprint density at radius 2 is 2.05 bits per heavy atom. The highest BCUT2D eigenvalue weighted by molar-refractivity contribution is 7.99. The van der Waals surface area contributed by atoms with Gasteiger partial charge in [0.25, 0.3) is 5.56 Å². The lowest BCUT2D eigenvalue weighted by Gasteiger charge is -2.04. The highest BCUT2D eigenvalue weighted by atomic mass is 32.2. The van der Waals surface area contributed by atoms with Crippen LogP contribution in [0.1, 0.15) is 5.56 Å². The lowest BCUT2D eigenvalue weighted by atomic mass is 10.2. The van der Waals surface area contributed by atoms with Crippen LogP contribution in [0.4, 0.5) is 5.69 Å². The fourth-order valence-electron chi connectivity index (χ4n) is 1.44. The third kappa shape index (κ3) is 3.35. The number of carbonyl (C=O) groups is 1. The molecule has 1 aromatic heterocycles. The fraction of sp³-hybridized carbons (Fsp3) is 0.0833. The maximum atomic E-state index is 11.3. The zero-order valence-corrected chi connectivity index (χ0v) is 10.6. The lowest BCUT2D eigenvalue weighted by molar-refractivity contribution is -0.136. The standard InChI is InChI=1S/C12H11N3O3S/c13-10-11(18)14-6-15-12(10)19-8-3-1-7(2-4-8)5-9(16)17/h1-4,6H,5,13H2,(H,16,17)(H,14,15,18). The van der Waals surface area contributed by atoms with Crippen molar-refractivity contribution in [3.05, 3.63) is 46.5 Å². The van der Waals surface area contributed by atoms with Gasteiger partial charge < -0.3 is 15.8 Å². The van der Waals surface area contributed by atoms with E-state index in [-0.39, 0.29) is 17.7 Å². The Morgan fingerprint density at radius 1 is 1.37 bits per heavy atom. The van der Waals surface area contributed by atoms with E-state index in [0.717, 1.165) is 4.90 Å². The maximum absolute atomic E-state index is 11.3. The maximum Gasteiger partial charge on any atom is 0.307 e. The van der Waals surface area contributed by atoms with Crippen molar-refractivity contribution in [2.24, 2.45) is 0 Å². The number of nitrogens with zero attached hydrogens (tertiary/aromatic N) is 1. The van der Waals surface area contributed by atoms with E-state index in [9.17, 15) is 9.59 Å². The average molecular weight is 277 g/mol. The van der Waals surface area contributed by atoms with Crippen LogP contribution in [-0.2, 0) is 11.2 Å². The van der Waals surface area contributed by atoms with Crippen LogP contribution in [0.15, 0.2) is 45.3 Å². The summed E-state index contributed by atoms with van der Waals surface area (Å²) in [5, 5.41) is 9.09. The Labute approximate surface area is 112 Å². The number of H-pyrrole nitrogens is 1. The summed E-state index contributed by atoms with van der Waals surface area (Å²) < 4.78 is 0. The molecule has 2 aromatic rings. The van der Waals surface area contributed by atoms with Crippen molar-refractivity contribution < 1.29 is 9.90 Å². The van der Waals surface area contributed by atoms with Crippen LogP contribution >= 0.6 is 11.8 Å². The predicted molar refractivity (Wildman–Crippen MR) is 71.2 cm³/mol. The molecule has 0 amide bonds. The number of carboxylic acids is 1. The molecule has 0 radical (unpaired) electrons. The number of aromatic nitrogens is 2. The summed E-state index contributed by atoms with van der Waals surface area (Å²) in [6.45, 7) is 0. The van der Waals surface area contributed by atoms with E-state index in [2.05, 4.69) is 9.97 Å². The molecular formula is C12H11N3O3S. The summed E-state index contributed by atoms with van der Waals surface area (Å²) in [7, 11) is 0. The van der Waals surface area contributed by atoms with E-state index in [1.54, 1.807) is 24.3 Å². The zero-order valence-electron chi connectivity index (χ0n) is 9.79. The van der Waals surface area contributed by atoms with Crippen molar-refractivity contribution >= 4 is 23.4 Å². The Kier molecular flexibility index (Phi) is 3.86. The van der Waals surface area contributed by atoms with Gasteiger partial charge in [-0.3, -0.25) is 9.59 Å². The Morgan fingerprint density at radius 3 is 2.68 bits per heavy atom. The number of hydrogen-bond donors (Lipinski definition) is 3. The first-order valence-corrected chi connectivity index (χ1v) is 6.19. The van der Waals surface area contributed by atoms with Crippen LogP contribution in [0.3, 0.4) is 0 Å². The van der Waals surface area contributed by atoms with Gasteiger partial charge in [-0.05, 0) is 17.7 Å². The quantitative estimate of drug-likeness (QED) is 0.723. The molecule has 19 heavy (non-hydrogen) atoms. The molecule has 1 heterocycles. The minimum atomic E-state index is -0.874. The summed E-state index contributed by atoms with van der Waals surface area (Å²) in [4.78, 5) is 29.1. The second-order valence-electron chi connectivity index (χ2n) is 3.77. The summed E-state index contributed by atoms with van der Waals surface area (Å²) in [5.74, 6) is -0.874. The van der Waals surface area contributed by atoms with Crippen molar-refractivity contribution in [1.29, 1.82) is 0 Å². The molecule has 0 aliphatic carbocycles. The molecule has 0 bridgehead atoms. The van der Waals surface area contributed by atoms with Crippen molar-refractivity contribution in [3.8, 4) is 0 Å². The molecule has 6 nitrogen and oxygen atoms in total. The van der Waals surface area contributed by atoms with Gasteiger partial charge in [0.05, 0.1) is 12.7 Å². The molecule has 4 N–H and O–H groups in total. The van der Waals surface area contributed by atoms with Crippen LogP contribution in [0.5, 0.6) is 0 Å². The van der Waals surface area contributed by atoms with Crippen molar-refractivity contribution in [1.82, 2.24) is 9.97 Å². The number of hydrogen-bond acceptors (Lipinski definition) is 5. The SMILES string of the molecule is Nc1c(Sc2ccc(CC(=O)O)cc2)nc[nH]c1=O. The first-order valence-electron chi connectivity index (χ1n) is 5.38. The van der Waals surface area contributed by atoms with E-state index >= 15 is 0 Å². The molecule has 0 fully saturated rings. The van der Waals surface area contributed by atoms with Crippen molar-refractivity contribution in [2.45, 2.75) is 16.3 Å². The second kappa shape index (κ2) is 5.57. The second-order valence-corrected chi connectivity index (χ2v) is 4.83. The van der Waals surface area contributed by atoms with Gasteiger partial charge in [0.15, 0.2) is 0 Å². The number of carboxylic acid groups (broad SMARTS) is 1. The van der Waals surface area contributed by atoms with E-state index < -0.39 is 5.97 Å². The van der Waals surface area contributed by atoms with Crippen LogP contribution < -0.4 is 11.3 Å². The van der Waals surface area contributed by atoms with E-state index in [1.807, 2.05) is 0 Å². The van der Waals surface area contributed by atoms with Gasteiger partial charge in [-0.25, -0.2) is 4.98 Å². The van der Waals surface area contributed by atoms with Gasteiger partial charge in [-0.2, -0.15) is 0 Å². The zero-order chi connectivity index (χ0) is 13.8. The number of nitrogens with one attached hydrogen (secondary N) is 1. The Hall–Kier alpha value is -2.28. The molecule has 98 valence electrons. The van der Waals surface area contributed by atoms with Gasteiger partial charge in [0.2, 0.25) is 0 Å². The summed E-state index contributed by atoms with van der Waals surface area (Å²) >= 11 is 1.25. The fourth-order valence-corrected chi connectivity index (χ4v) is 2.24. The molecule has 7 heteroatoms. The summed E-state index contributed by atoms with van der Waals surface area (Å²) in [6.07, 6.45) is 1.27. The molecule has 0 aliphatic heterocycles. The van der Waals surface area contributed by atoms with Gasteiger partial charge in [0, 0.05) is 4.90 Å². The topological polar surface area (TPSA) is 109 Å². The molecule has 0 atom stereocenters. The number of benzene rings is 1. The van der Waals surface area contributed by atoms with E-state index in [1.165, 1.54) is 18.1 Å². The third-order valence-corrected chi connectivity index (χ3v) is 3.37. The lowest BCUT2D eigenvalue weighted by Crippen LogP contribution is -2.13. The number of aliphatic carboxylic acids is 1. The largest absolute Gasteiger partial charge is 0.481 e. The first-order chi connectivity index (χ1) is 9.06. The van der Waals surface area contributed by atoms with Crippen LogP contribution in [0, 0.1) is 0 Å². The third-order valence-electron chi connectivity index (χ3n) is 2.35. The summed E-state index contributed by atoms with van der Waals surface area (Å²) in [6, 6.07) is 6.98. The minimum Gasteiger partial charge on any atom is -0.481 e. The van der Waals surface area contributed by atoms with Crippen LogP contribution in [-0.4, -0.2) is 21.0 Å². The number of rotatable bonds is 4. The Balaban J connectivity index is 2.17.